The van der Waals surface area contributed by atoms with Crippen molar-refractivity contribution in [3.8, 4) is 11.5 Å². The predicted octanol–water partition coefficient (Wildman–Crippen LogP) is 4.54. The number of aromatic nitrogens is 1. The maximum absolute atomic E-state index is 12.9. The molecule has 1 aliphatic heterocycles. The summed E-state index contributed by atoms with van der Waals surface area (Å²) in [7, 11) is 0. The number of fused-ring (bicyclic) bond motifs is 2. The van der Waals surface area contributed by atoms with Crippen molar-refractivity contribution in [1.29, 1.82) is 0 Å². The highest BCUT2D eigenvalue weighted by atomic mass is 16.6. The lowest BCUT2D eigenvalue weighted by molar-refractivity contribution is 0.101. The van der Waals surface area contributed by atoms with Crippen LogP contribution in [0.5, 0.6) is 11.5 Å². The van der Waals surface area contributed by atoms with Gasteiger partial charge >= 0.3 is 0 Å². The Hall–Kier alpha value is -3.87. The van der Waals surface area contributed by atoms with Gasteiger partial charge in [0.2, 0.25) is 0 Å². The van der Waals surface area contributed by atoms with Gasteiger partial charge in [0.1, 0.15) is 13.2 Å². The second-order valence-corrected chi connectivity index (χ2v) is 8.33. The minimum Gasteiger partial charge on any atom is -0.486 e. The summed E-state index contributed by atoms with van der Waals surface area (Å²) in [5, 5.41) is 5.85. The normalized spacial score (nSPS) is 14.2. The minimum absolute atomic E-state index is 0.214. The highest BCUT2D eigenvalue weighted by Crippen LogP contribution is 2.31. The van der Waals surface area contributed by atoms with Crippen molar-refractivity contribution in [2.24, 2.45) is 0 Å². The van der Waals surface area contributed by atoms with E-state index < -0.39 is 0 Å². The van der Waals surface area contributed by atoms with Crippen LogP contribution in [0.4, 0.5) is 11.4 Å². The average molecular weight is 444 g/mol. The highest BCUT2D eigenvalue weighted by molar-refractivity contribution is 6.07. The Morgan fingerprint density at radius 3 is 2.52 bits per heavy atom. The number of rotatable bonds is 4. The van der Waals surface area contributed by atoms with Gasteiger partial charge in [0.25, 0.3) is 11.8 Å². The maximum atomic E-state index is 12.9. The summed E-state index contributed by atoms with van der Waals surface area (Å²) in [5.74, 6) is 0.709. The number of nitrogens with one attached hydrogen (secondary N) is 2. The van der Waals surface area contributed by atoms with E-state index in [9.17, 15) is 9.59 Å². The van der Waals surface area contributed by atoms with E-state index in [-0.39, 0.29) is 11.8 Å². The van der Waals surface area contributed by atoms with Gasteiger partial charge < -0.3 is 20.1 Å². The molecule has 2 amide bonds. The first-order valence-electron chi connectivity index (χ1n) is 11.2. The van der Waals surface area contributed by atoms with Gasteiger partial charge in [0.15, 0.2) is 11.5 Å². The van der Waals surface area contributed by atoms with Crippen LogP contribution in [-0.4, -0.2) is 30.0 Å². The molecule has 3 aromatic rings. The number of anilines is 2. The molecule has 2 aliphatic rings. The van der Waals surface area contributed by atoms with E-state index >= 15 is 0 Å². The Kier molecular flexibility index (Phi) is 5.69. The van der Waals surface area contributed by atoms with Gasteiger partial charge in [0, 0.05) is 28.8 Å². The summed E-state index contributed by atoms with van der Waals surface area (Å²) >= 11 is 0. The SMILES string of the molecule is Cc1ccc(NC(=O)c2ccc3c(c2)OCCO3)cc1NC(=O)c1cnc2c(c1)CCCC2. The van der Waals surface area contributed by atoms with Crippen LogP contribution in [0.15, 0.2) is 48.7 Å². The molecule has 2 aromatic carbocycles. The van der Waals surface area contributed by atoms with Gasteiger partial charge in [-0.2, -0.15) is 0 Å². The molecule has 2 heterocycles. The van der Waals surface area contributed by atoms with Gasteiger partial charge in [-0.25, -0.2) is 0 Å². The van der Waals surface area contributed by atoms with Gasteiger partial charge in [-0.15, -0.1) is 0 Å². The molecule has 0 spiro atoms. The summed E-state index contributed by atoms with van der Waals surface area (Å²) in [4.78, 5) is 30.1. The number of nitrogens with zero attached hydrogens (tertiary/aromatic N) is 1. The van der Waals surface area contributed by atoms with Crippen molar-refractivity contribution >= 4 is 23.2 Å². The molecular formula is C26H25N3O4. The largest absolute Gasteiger partial charge is 0.486 e. The molecule has 168 valence electrons. The Morgan fingerprint density at radius 1 is 0.848 bits per heavy atom. The Labute approximate surface area is 192 Å². The van der Waals surface area contributed by atoms with Crippen LogP contribution in [0.1, 0.15) is 50.4 Å². The summed E-state index contributed by atoms with van der Waals surface area (Å²) < 4.78 is 11.1. The first-order chi connectivity index (χ1) is 16.1. The molecule has 0 atom stereocenters. The third kappa shape index (κ3) is 4.53. The van der Waals surface area contributed by atoms with Gasteiger partial charge in [-0.1, -0.05) is 6.07 Å². The smallest absolute Gasteiger partial charge is 0.257 e. The molecule has 0 saturated carbocycles. The molecule has 0 fully saturated rings. The number of hydrogen-bond acceptors (Lipinski definition) is 5. The van der Waals surface area contributed by atoms with Gasteiger partial charge in [-0.3, -0.25) is 14.6 Å². The quantitative estimate of drug-likeness (QED) is 0.618. The predicted molar refractivity (Wildman–Crippen MR) is 125 cm³/mol. The minimum atomic E-state index is -0.271. The number of carbonyl (C=O) groups excluding carboxylic acids is 2. The highest BCUT2D eigenvalue weighted by Gasteiger charge is 2.17. The van der Waals surface area contributed by atoms with E-state index in [1.54, 1.807) is 36.5 Å². The number of pyridine rings is 1. The van der Waals surface area contributed by atoms with Gasteiger partial charge in [0.05, 0.1) is 5.56 Å². The second kappa shape index (κ2) is 8.94. The number of ether oxygens (including phenoxy) is 2. The van der Waals surface area contributed by atoms with Crippen molar-refractivity contribution in [2.75, 3.05) is 23.8 Å². The number of benzene rings is 2. The molecule has 0 radical (unpaired) electrons. The first kappa shape index (κ1) is 21.0. The third-order valence-corrected chi connectivity index (χ3v) is 5.98. The summed E-state index contributed by atoms with van der Waals surface area (Å²) in [6.45, 7) is 2.86. The average Bonchev–Trinajstić information content (AvgIpc) is 2.85. The molecule has 0 saturated heterocycles. The number of hydrogen-bond donors (Lipinski definition) is 2. The first-order valence-corrected chi connectivity index (χ1v) is 11.2. The molecular weight excluding hydrogens is 418 g/mol. The Bertz CT molecular complexity index is 1240. The van der Waals surface area contributed by atoms with E-state index in [0.717, 1.165) is 42.5 Å². The van der Waals surface area contributed by atoms with Crippen LogP contribution in [0.2, 0.25) is 0 Å². The molecule has 1 aromatic heterocycles. The summed E-state index contributed by atoms with van der Waals surface area (Å²) in [6, 6.07) is 12.5. The van der Waals surface area contributed by atoms with Crippen LogP contribution >= 0.6 is 0 Å². The lowest BCUT2D eigenvalue weighted by atomic mass is 9.95. The third-order valence-electron chi connectivity index (χ3n) is 5.98. The van der Waals surface area contributed by atoms with Gasteiger partial charge in [-0.05, 0) is 80.1 Å². The van der Waals surface area contributed by atoms with Crippen LogP contribution in [0, 0.1) is 6.92 Å². The summed E-state index contributed by atoms with van der Waals surface area (Å²) in [6.07, 6.45) is 5.85. The van der Waals surface area contributed by atoms with Crippen molar-refractivity contribution in [2.45, 2.75) is 32.6 Å². The van der Waals surface area contributed by atoms with E-state index in [4.69, 9.17) is 9.47 Å². The van der Waals surface area contributed by atoms with Crippen molar-refractivity contribution in [1.82, 2.24) is 4.98 Å². The van der Waals surface area contributed by atoms with Crippen molar-refractivity contribution in [3.05, 3.63) is 76.6 Å². The molecule has 33 heavy (non-hydrogen) atoms. The van der Waals surface area contributed by atoms with Crippen molar-refractivity contribution in [3.63, 3.8) is 0 Å². The van der Waals surface area contributed by atoms with E-state index in [0.29, 0.717) is 47.2 Å². The summed E-state index contributed by atoms with van der Waals surface area (Å²) in [5.41, 5.74) is 5.37. The number of aryl methyl sites for hydroxylation is 3. The molecule has 5 rings (SSSR count). The topological polar surface area (TPSA) is 89.5 Å². The molecule has 1 aliphatic carbocycles. The fourth-order valence-corrected chi connectivity index (χ4v) is 4.13. The van der Waals surface area contributed by atoms with E-state index in [2.05, 4.69) is 15.6 Å². The Morgan fingerprint density at radius 2 is 1.64 bits per heavy atom. The Balaban J connectivity index is 1.31. The monoisotopic (exact) mass is 443 g/mol. The fraction of sp³-hybridized carbons (Fsp3) is 0.269. The number of amides is 2. The fourth-order valence-electron chi connectivity index (χ4n) is 4.13. The zero-order valence-electron chi connectivity index (χ0n) is 18.4. The second-order valence-electron chi connectivity index (χ2n) is 8.33. The zero-order valence-corrected chi connectivity index (χ0v) is 18.4. The molecule has 7 nitrogen and oxygen atoms in total. The standard InChI is InChI=1S/C26H25N3O4/c1-16-6-8-20(28-25(30)18-7-9-23-24(13-18)33-11-10-32-23)14-22(16)29-26(31)19-12-17-4-2-3-5-21(17)27-15-19/h6-9,12-15H,2-5,10-11H2,1H3,(H,28,30)(H,29,31). The maximum Gasteiger partial charge on any atom is 0.257 e. The van der Waals surface area contributed by atoms with Crippen LogP contribution in [-0.2, 0) is 12.8 Å². The lowest BCUT2D eigenvalue weighted by Gasteiger charge is -2.18. The lowest BCUT2D eigenvalue weighted by Crippen LogP contribution is -2.17. The molecule has 0 bridgehead atoms. The number of carbonyl (C=O) groups is 2. The zero-order chi connectivity index (χ0) is 22.8. The molecule has 0 unspecified atom stereocenters. The van der Waals surface area contributed by atoms with Crippen LogP contribution in [0.25, 0.3) is 0 Å². The molecule has 7 heteroatoms. The molecule has 2 N–H and O–H groups in total. The van der Waals surface area contributed by atoms with E-state index in [1.807, 2.05) is 19.1 Å². The van der Waals surface area contributed by atoms with Crippen molar-refractivity contribution < 1.29 is 19.1 Å². The van der Waals surface area contributed by atoms with Crippen LogP contribution < -0.4 is 20.1 Å². The van der Waals surface area contributed by atoms with E-state index in [1.165, 1.54) is 0 Å². The van der Waals surface area contributed by atoms with Crippen LogP contribution in [0.3, 0.4) is 0 Å².